The van der Waals surface area contributed by atoms with Crippen molar-refractivity contribution in [3.05, 3.63) is 43.0 Å². The van der Waals surface area contributed by atoms with Gasteiger partial charge in [-0.3, -0.25) is 9.59 Å². The molecule has 3 heterocycles. The van der Waals surface area contributed by atoms with Crippen LogP contribution >= 0.6 is 34.4 Å². The number of aryl methyl sites for hydroxylation is 3. The molecule has 142 valence electrons. The lowest BCUT2D eigenvalue weighted by Crippen LogP contribution is -2.13. The van der Waals surface area contributed by atoms with Crippen LogP contribution in [0, 0.1) is 0 Å². The Balaban J connectivity index is 1.39. The van der Waals surface area contributed by atoms with Gasteiger partial charge < -0.3 is 9.55 Å². The highest BCUT2D eigenvalue weighted by Gasteiger charge is 2.19. The Morgan fingerprint density at radius 1 is 1.41 bits per heavy atom. The van der Waals surface area contributed by atoms with E-state index in [1.54, 1.807) is 23.1 Å². The smallest absolute Gasteiger partial charge is 0.259 e. The highest BCUT2D eigenvalue weighted by atomic mass is 32.2. The van der Waals surface area contributed by atoms with Crippen molar-refractivity contribution in [1.29, 1.82) is 0 Å². The molecule has 3 aromatic heterocycles. The van der Waals surface area contributed by atoms with Crippen molar-refractivity contribution in [2.75, 3.05) is 5.75 Å². The number of H-pyrrole nitrogens is 1. The number of amides is 1. The molecule has 0 atom stereocenters. The average molecular weight is 421 g/mol. The minimum atomic E-state index is -0.122. The zero-order chi connectivity index (χ0) is 18.8. The fourth-order valence-corrected chi connectivity index (χ4v) is 6.02. The monoisotopic (exact) mass is 420 g/mol. The number of fused-ring (bicyclic) bond motifs is 3. The summed E-state index contributed by atoms with van der Waals surface area (Å²) in [6.07, 6.45) is 6.66. The van der Waals surface area contributed by atoms with E-state index in [0.717, 1.165) is 29.5 Å². The van der Waals surface area contributed by atoms with Crippen molar-refractivity contribution in [1.82, 2.24) is 14.5 Å². The first-order chi connectivity index (χ1) is 13.1. The Morgan fingerprint density at radius 3 is 3.07 bits per heavy atom. The molecule has 0 bridgehead atoms. The van der Waals surface area contributed by atoms with Crippen LogP contribution in [-0.2, 0) is 30.4 Å². The van der Waals surface area contributed by atoms with E-state index in [0.29, 0.717) is 28.6 Å². The second-order valence-electron chi connectivity index (χ2n) is 6.51. The molecule has 0 saturated heterocycles. The van der Waals surface area contributed by atoms with Crippen molar-refractivity contribution >= 4 is 50.6 Å². The number of nitrogens with zero attached hydrogens (tertiary/aromatic N) is 3. The van der Waals surface area contributed by atoms with Gasteiger partial charge in [-0.2, -0.15) is 16.8 Å². The molecule has 9 heteroatoms. The van der Waals surface area contributed by atoms with Crippen LogP contribution in [-0.4, -0.2) is 26.2 Å². The molecule has 0 spiro atoms. The Bertz CT molecular complexity index is 1110. The lowest BCUT2D eigenvalue weighted by molar-refractivity contribution is -0.117. The number of hydrogen-bond acceptors (Lipinski definition) is 6. The van der Waals surface area contributed by atoms with Gasteiger partial charge in [0, 0.05) is 35.7 Å². The Morgan fingerprint density at radius 2 is 2.26 bits per heavy atom. The van der Waals surface area contributed by atoms with E-state index in [1.165, 1.54) is 28.2 Å². The van der Waals surface area contributed by atoms with Gasteiger partial charge in [-0.1, -0.05) is 0 Å². The number of carbonyl (C=O) groups excluding carboxylic acids is 1. The van der Waals surface area contributed by atoms with Gasteiger partial charge in [-0.25, -0.2) is 4.98 Å². The van der Waals surface area contributed by atoms with Crippen LogP contribution < -0.4 is 10.4 Å². The maximum Gasteiger partial charge on any atom is 0.259 e. The molecule has 3 aromatic rings. The Labute approximate surface area is 168 Å². The van der Waals surface area contributed by atoms with E-state index in [1.807, 2.05) is 23.2 Å². The lowest BCUT2D eigenvalue weighted by atomic mass is 9.97. The normalized spacial score (nSPS) is 14.6. The Kier molecular flexibility index (Phi) is 5.60. The summed E-state index contributed by atoms with van der Waals surface area (Å²) >= 11 is 4.70. The molecule has 0 fully saturated rings. The number of carbonyl (C=O) groups is 1. The molecule has 0 unspecified atom stereocenters. The quantitative estimate of drug-likeness (QED) is 0.644. The van der Waals surface area contributed by atoms with Crippen LogP contribution in [0.5, 0.6) is 0 Å². The number of thiophene rings is 1. The Hall–Kier alpha value is -1.71. The summed E-state index contributed by atoms with van der Waals surface area (Å²) in [6, 6.07) is 0. The van der Waals surface area contributed by atoms with Crippen LogP contribution in [0.1, 0.15) is 35.5 Å². The van der Waals surface area contributed by atoms with Crippen molar-refractivity contribution in [2.45, 2.75) is 37.9 Å². The summed E-state index contributed by atoms with van der Waals surface area (Å²) in [5, 5.41) is 2.70. The number of rotatable bonds is 5. The van der Waals surface area contributed by atoms with Gasteiger partial charge in [0.05, 0.1) is 11.1 Å². The number of thiazole rings is 1. The molecule has 1 N–H and O–H groups in total. The first kappa shape index (κ1) is 18.6. The predicted molar refractivity (Wildman–Crippen MR) is 112 cm³/mol. The summed E-state index contributed by atoms with van der Waals surface area (Å²) in [4.78, 5) is 39.1. The van der Waals surface area contributed by atoms with Crippen molar-refractivity contribution in [2.24, 2.45) is 12.0 Å². The summed E-state index contributed by atoms with van der Waals surface area (Å²) < 4.78 is 1.83. The summed E-state index contributed by atoms with van der Waals surface area (Å²) in [7, 11) is 1.87. The van der Waals surface area contributed by atoms with E-state index in [2.05, 4.69) is 15.0 Å². The van der Waals surface area contributed by atoms with E-state index >= 15 is 0 Å². The van der Waals surface area contributed by atoms with Gasteiger partial charge in [0.15, 0.2) is 4.80 Å². The maximum absolute atomic E-state index is 12.5. The van der Waals surface area contributed by atoms with Gasteiger partial charge in [-0.05, 0) is 31.2 Å². The molecular weight excluding hydrogens is 400 g/mol. The third-order valence-corrected chi connectivity index (χ3v) is 7.56. The van der Waals surface area contributed by atoms with E-state index in [-0.39, 0.29) is 11.5 Å². The van der Waals surface area contributed by atoms with Gasteiger partial charge in [0.1, 0.15) is 10.7 Å². The van der Waals surface area contributed by atoms with Crippen molar-refractivity contribution < 1.29 is 4.79 Å². The fourth-order valence-electron chi connectivity index (χ4n) is 3.20. The molecule has 27 heavy (non-hydrogen) atoms. The molecule has 0 saturated carbocycles. The molecular formula is C18H20N4O2S3. The molecule has 6 nitrogen and oxygen atoms in total. The number of thioether (sulfide) groups is 1. The van der Waals surface area contributed by atoms with Crippen LogP contribution in [0.15, 0.2) is 21.4 Å². The molecule has 1 aliphatic carbocycles. The number of aromatic amines is 1. The molecule has 0 radical (unpaired) electrons. The van der Waals surface area contributed by atoms with Crippen LogP contribution in [0.2, 0.25) is 0 Å². The van der Waals surface area contributed by atoms with Gasteiger partial charge in [0.25, 0.3) is 5.56 Å². The molecule has 4 rings (SSSR count). The summed E-state index contributed by atoms with van der Waals surface area (Å²) in [5.41, 5.74) is 1.19. The van der Waals surface area contributed by atoms with Crippen molar-refractivity contribution in [3.8, 4) is 0 Å². The second kappa shape index (κ2) is 8.12. The van der Waals surface area contributed by atoms with Gasteiger partial charge in [0.2, 0.25) is 5.91 Å². The average Bonchev–Trinajstić information content (AvgIpc) is 3.22. The SMILES string of the molecule is Cn1ccsc1=NC(=O)CCSCc1nc2sc3c(c2c(=O)[nH]1)CCCC3. The zero-order valence-corrected chi connectivity index (χ0v) is 17.4. The standard InChI is InChI=1S/C18H20N4O2S3/c1-22-7-9-26-18(22)21-14(23)6-8-25-10-13-19-16(24)15-11-4-2-3-5-12(11)27-17(15)20-13/h7,9H,2-6,8,10H2,1H3,(H,19,20,24). The largest absolute Gasteiger partial charge is 0.327 e. The minimum absolute atomic E-state index is 0.0220. The number of aromatic nitrogens is 3. The fraction of sp³-hybridized carbons (Fsp3) is 0.444. The van der Waals surface area contributed by atoms with E-state index in [4.69, 9.17) is 0 Å². The second-order valence-corrected chi connectivity index (χ2v) is 9.57. The lowest BCUT2D eigenvalue weighted by Gasteiger charge is -2.09. The highest BCUT2D eigenvalue weighted by molar-refractivity contribution is 7.98. The van der Waals surface area contributed by atoms with Crippen LogP contribution in [0.3, 0.4) is 0 Å². The van der Waals surface area contributed by atoms with Crippen LogP contribution in [0.25, 0.3) is 10.2 Å². The minimum Gasteiger partial charge on any atom is -0.327 e. The van der Waals surface area contributed by atoms with Crippen LogP contribution in [0.4, 0.5) is 0 Å². The predicted octanol–water partition coefficient (Wildman–Crippen LogP) is 3.01. The first-order valence-electron chi connectivity index (χ1n) is 8.90. The summed E-state index contributed by atoms with van der Waals surface area (Å²) in [6.45, 7) is 0. The maximum atomic E-state index is 12.5. The summed E-state index contributed by atoms with van der Waals surface area (Å²) in [5.74, 6) is 1.81. The first-order valence-corrected chi connectivity index (χ1v) is 11.8. The molecule has 0 aliphatic heterocycles. The highest BCUT2D eigenvalue weighted by Crippen LogP contribution is 2.33. The third kappa shape index (κ3) is 4.09. The number of hydrogen-bond donors (Lipinski definition) is 1. The zero-order valence-electron chi connectivity index (χ0n) is 15.0. The number of nitrogens with one attached hydrogen (secondary N) is 1. The molecule has 1 amide bonds. The van der Waals surface area contributed by atoms with Gasteiger partial charge >= 0.3 is 0 Å². The van der Waals surface area contributed by atoms with E-state index < -0.39 is 0 Å². The van der Waals surface area contributed by atoms with Gasteiger partial charge in [-0.15, -0.1) is 22.7 Å². The van der Waals surface area contributed by atoms with E-state index in [9.17, 15) is 9.59 Å². The molecule has 1 aliphatic rings. The third-order valence-electron chi connectivity index (χ3n) is 4.55. The molecule has 0 aromatic carbocycles. The topological polar surface area (TPSA) is 80.1 Å². The van der Waals surface area contributed by atoms with Crippen molar-refractivity contribution in [3.63, 3.8) is 0 Å².